The van der Waals surface area contributed by atoms with Gasteiger partial charge in [-0.25, -0.2) is 9.18 Å². The fraction of sp³-hybridized carbons (Fsp3) is 0.250. The molecule has 5 heteroatoms. The maximum absolute atomic E-state index is 13.6. The molecular weight excluding hydrogens is 243 g/mol. The van der Waals surface area contributed by atoms with Gasteiger partial charge in [-0.2, -0.15) is 0 Å². The standard InChI is InChI=1S/C12H11FO3S/c13-10-6-11-9(2-4-17-11)5-8(10)1-3-16-7-12(14)15/h2,4-6H,1,3,7H2,(H,14,15). The molecule has 0 radical (unpaired) electrons. The van der Waals surface area contributed by atoms with Crippen LogP contribution < -0.4 is 0 Å². The lowest BCUT2D eigenvalue weighted by atomic mass is 10.1. The zero-order valence-electron chi connectivity index (χ0n) is 8.98. The van der Waals surface area contributed by atoms with Crippen molar-refractivity contribution in [3.05, 3.63) is 35.0 Å². The highest BCUT2D eigenvalue weighted by molar-refractivity contribution is 7.17. The summed E-state index contributed by atoms with van der Waals surface area (Å²) >= 11 is 1.49. The molecule has 0 bridgehead atoms. The second-order valence-electron chi connectivity index (χ2n) is 3.60. The van der Waals surface area contributed by atoms with E-state index in [0.29, 0.717) is 12.0 Å². The van der Waals surface area contributed by atoms with E-state index in [4.69, 9.17) is 9.84 Å². The molecule has 2 aromatic rings. The van der Waals surface area contributed by atoms with Crippen molar-refractivity contribution in [3.8, 4) is 0 Å². The molecule has 0 spiro atoms. The fourth-order valence-electron chi connectivity index (χ4n) is 1.57. The lowest BCUT2D eigenvalue weighted by Crippen LogP contribution is -2.09. The van der Waals surface area contributed by atoms with Crippen LogP contribution in [0.2, 0.25) is 0 Å². The number of carbonyl (C=O) groups is 1. The Hall–Kier alpha value is -1.46. The fourth-order valence-corrected chi connectivity index (χ4v) is 2.36. The van der Waals surface area contributed by atoms with Crippen molar-refractivity contribution in [3.63, 3.8) is 0 Å². The number of carboxylic acids is 1. The molecule has 0 aliphatic heterocycles. The largest absolute Gasteiger partial charge is 0.480 e. The SMILES string of the molecule is O=C(O)COCCc1cc2ccsc2cc1F. The van der Waals surface area contributed by atoms with E-state index in [2.05, 4.69) is 0 Å². The summed E-state index contributed by atoms with van der Waals surface area (Å²) in [6.45, 7) is -0.138. The van der Waals surface area contributed by atoms with Gasteiger partial charge in [-0.05, 0) is 40.9 Å². The van der Waals surface area contributed by atoms with E-state index >= 15 is 0 Å². The molecule has 3 nitrogen and oxygen atoms in total. The Morgan fingerprint density at radius 3 is 3.06 bits per heavy atom. The summed E-state index contributed by atoms with van der Waals surface area (Å²) in [5, 5.41) is 11.3. The van der Waals surface area contributed by atoms with Gasteiger partial charge < -0.3 is 9.84 Å². The Morgan fingerprint density at radius 2 is 2.29 bits per heavy atom. The molecule has 1 aromatic heterocycles. The number of aliphatic carboxylic acids is 1. The minimum absolute atomic E-state index is 0.207. The Balaban J connectivity index is 2.02. The highest BCUT2D eigenvalue weighted by Gasteiger charge is 2.06. The molecule has 17 heavy (non-hydrogen) atoms. The maximum Gasteiger partial charge on any atom is 0.329 e. The summed E-state index contributed by atoms with van der Waals surface area (Å²) in [5.41, 5.74) is 0.557. The first-order valence-corrected chi connectivity index (χ1v) is 6.00. The van der Waals surface area contributed by atoms with E-state index in [1.54, 1.807) is 6.07 Å². The molecule has 0 aliphatic rings. The molecular formula is C12H11FO3S. The quantitative estimate of drug-likeness (QED) is 0.834. The average molecular weight is 254 g/mol. The van der Waals surface area contributed by atoms with Crippen LogP contribution in [0, 0.1) is 5.82 Å². The van der Waals surface area contributed by atoms with Gasteiger partial charge in [0.1, 0.15) is 12.4 Å². The number of benzene rings is 1. The number of halogens is 1. The van der Waals surface area contributed by atoms with Crippen molar-refractivity contribution in [2.75, 3.05) is 13.2 Å². The van der Waals surface area contributed by atoms with Crippen molar-refractivity contribution >= 4 is 27.4 Å². The Kier molecular flexibility index (Phi) is 3.71. The van der Waals surface area contributed by atoms with Crippen LogP contribution >= 0.6 is 11.3 Å². The van der Waals surface area contributed by atoms with E-state index in [0.717, 1.165) is 10.1 Å². The second-order valence-corrected chi connectivity index (χ2v) is 4.55. The van der Waals surface area contributed by atoms with Crippen LogP contribution in [0.3, 0.4) is 0 Å². The van der Waals surface area contributed by atoms with Gasteiger partial charge in [0.05, 0.1) is 6.61 Å². The molecule has 0 unspecified atom stereocenters. The van der Waals surface area contributed by atoms with E-state index in [-0.39, 0.29) is 19.0 Å². The molecule has 0 aliphatic carbocycles. The molecule has 0 saturated carbocycles. The molecule has 1 heterocycles. The van der Waals surface area contributed by atoms with Gasteiger partial charge in [0.2, 0.25) is 0 Å². The summed E-state index contributed by atoms with van der Waals surface area (Å²) < 4.78 is 19.4. The average Bonchev–Trinajstić information content (AvgIpc) is 2.71. The molecule has 0 saturated heterocycles. The monoisotopic (exact) mass is 254 g/mol. The van der Waals surface area contributed by atoms with Crippen LogP contribution in [0.1, 0.15) is 5.56 Å². The summed E-state index contributed by atoms with van der Waals surface area (Å²) in [5.74, 6) is -1.28. The Labute approximate surface area is 101 Å². The van der Waals surface area contributed by atoms with Crippen LogP contribution in [-0.2, 0) is 16.0 Å². The van der Waals surface area contributed by atoms with E-state index < -0.39 is 5.97 Å². The van der Waals surface area contributed by atoms with Crippen LogP contribution in [0.25, 0.3) is 10.1 Å². The summed E-state index contributed by atoms with van der Waals surface area (Å²) in [4.78, 5) is 10.2. The molecule has 0 fully saturated rings. The summed E-state index contributed by atoms with van der Waals surface area (Å²) in [7, 11) is 0. The zero-order chi connectivity index (χ0) is 12.3. The normalized spacial score (nSPS) is 10.9. The van der Waals surface area contributed by atoms with E-state index in [9.17, 15) is 9.18 Å². The minimum atomic E-state index is -1.02. The predicted molar refractivity (Wildman–Crippen MR) is 63.9 cm³/mol. The van der Waals surface area contributed by atoms with Crippen molar-refractivity contribution in [2.45, 2.75) is 6.42 Å². The Morgan fingerprint density at radius 1 is 1.47 bits per heavy atom. The number of thiophene rings is 1. The molecule has 1 aromatic carbocycles. The number of ether oxygens (including phenoxy) is 1. The number of rotatable bonds is 5. The highest BCUT2D eigenvalue weighted by atomic mass is 32.1. The van der Waals surface area contributed by atoms with Crippen molar-refractivity contribution in [1.29, 1.82) is 0 Å². The Bertz CT molecular complexity index is 536. The van der Waals surface area contributed by atoms with Crippen molar-refractivity contribution < 1.29 is 19.0 Å². The zero-order valence-corrected chi connectivity index (χ0v) is 9.80. The van der Waals surface area contributed by atoms with Crippen LogP contribution in [0.15, 0.2) is 23.6 Å². The van der Waals surface area contributed by atoms with Gasteiger partial charge in [0.15, 0.2) is 0 Å². The third-order valence-corrected chi connectivity index (χ3v) is 3.24. The van der Waals surface area contributed by atoms with Crippen LogP contribution in [-0.4, -0.2) is 24.3 Å². The maximum atomic E-state index is 13.6. The minimum Gasteiger partial charge on any atom is -0.480 e. The third-order valence-electron chi connectivity index (χ3n) is 2.36. The first kappa shape index (κ1) is 12.0. The lowest BCUT2D eigenvalue weighted by Gasteiger charge is -2.04. The molecule has 1 N–H and O–H groups in total. The number of hydrogen-bond acceptors (Lipinski definition) is 3. The summed E-state index contributed by atoms with van der Waals surface area (Å²) in [6, 6.07) is 5.22. The lowest BCUT2D eigenvalue weighted by molar-refractivity contribution is -0.142. The highest BCUT2D eigenvalue weighted by Crippen LogP contribution is 2.24. The van der Waals surface area contributed by atoms with Crippen molar-refractivity contribution in [1.82, 2.24) is 0 Å². The van der Waals surface area contributed by atoms with E-state index in [1.165, 1.54) is 17.4 Å². The first-order chi connectivity index (χ1) is 8.16. The topological polar surface area (TPSA) is 46.5 Å². The number of fused-ring (bicyclic) bond motifs is 1. The van der Waals surface area contributed by atoms with Crippen molar-refractivity contribution in [2.24, 2.45) is 0 Å². The van der Waals surface area contributed by atoms with Crippen LogP contribution in [0.4, 0.5) is 4.39 Å². The molecule has 0 amide bonds. The molecule has 0 atom stereocenters. The molecule has 2 rings (SSSR count). The molecule has 90 valence electrons. The number of carboxylic acid groups (broad SMARTS) is 1. The van der Waals surface area contributed by atoms with Gasteiger partial charge in [0.25, 0.3) is 0 Å². The van der Waals surface area contributed by atoms with Gasteiger partial charge in [0, 0.05) is 4.70 Å². The first-order valence-electron chi connectivity index (χ1n) is 5.12. The summed E-state index contributed by atoms with van der Waals surface area (Å²) in [6.07, 6.45) is 0.380. The van der Waals surface area contributed by atoms with Gasteiger partial charge in [-0.1, -0.05) is 0 Å². The van der Waals surface area contributed by atoms with Gasteiger partial charge >= 0.3 is 5.97 Å². The number of hydrogen-bond donors (Lipinski definition) is 1. The smallest absolute Gasteiger partial charge is 0.329 e. The van der Waals surface area contributed by atoms with Gasteiger partial charge in [-0.15, -0.1) is 11.3 Å². The third kappa shape index (κ3) is 3.01. The van der Waals surface area contributed by atoms with E-state index in [1.807, 2.05) is 11.4 Å². The van der Waals surface area contributed by atoms with Gasteiger partial charge in [-0.3, -0.25) is 0 Å². The van der Waals surface area contributed by atoms with Crippen LogP contribution in [0.5, 0.6) is 0 Å². The predicted octanol–water partition coefficient (Wildman–Crippen LogP) is 2.68. The second kappa shape index (κ2) is 5.25.